The van der Waals surface area contributed by atoms with E-state index in [1.165, 1.54) is 6.20 Å². The zero-order chi connectivity index (χ0) is 11.0. The molecule has 0 radical (unpaired) electrons. The highest BCUT2D eigenvalue weighted by atomic mass is 16.6. The Morgan fingerprint density at radius 2 is 2.33 bits per heavy atom. The van der Waals surface area contributed by atoms with Gasteiger partial charge < -0.3 is 15.1 Å². The molecule has 1 unspecified atom stereocenters. The summed E-state index contributed by atoms with van der Waals surface area (Å²) in [5, 5.41) is 30.1. The van der Waals surface area contributed by atoms with Gasteiger partial charge in [0.25, 0.3) is 0 Å². The van der Waals surface area contributed by atoms with Crippen molar-refractivity contribution in [3.05, 3.63) is 21.8 Å². The van der Waals surface area contributed by atoms with Gasteiger partial charge in [0.15, 0.2) is 0 Å². The van der Waals surface area contributed by atoms with E-state index in [9.17, 15) is 10.1 Å². The van der Waals surface area contributed by atoms with E-state index in [2.05, 4.69) is 5.43 Å². The van der Waals surface area contributed by atoms with Crippen LogP contribution in [-0.4, -0.2) is 39.8 Å². The van der Waals surface area contributed by atoms with Crippen molar-refractivity contribution in [3.63, 3.8) is 0 Å². The van der Waals surface area contributed by atoms with Crippen LogP contribution in [0.5, 0.6) is 0 Å². The lowest BCUT2D eigenvalue weighted by molar-refractivity contribution is -0.520. The summed E-state index contributed by atoms with van der Waals surface area (Å²) in [5.41, 5.74) is 2.60. The Morgan fingerprint density at radius 3 is 2.73 bits per heavy atom. The summed E-state index contributed by atoms with van der Waals surface area (Å²) in [4.78, 5) is 10.0. The number of hydrogen-bond acceptors (Lipinski definition) is 6. The fourth-order valence-electron chi connectivity index (χ4n) is 1.58. The average Bonchev–Trinajstić information content (AvgIpc) is 2.81. The monoisotopic (exact) mass is 213 g/mol. The fourth-order valence-corrected chi connectivity index (χ4v) is 1.58. The van der Waals surface area contributed by atoms with Crippen molar-refractivity contribution in [3.8, 4) is 0 Å². The topological polar surface area (TPSA) is 98.9 Å². The van der Waals surface area contributed by atoms with Crippen LogP contribution in [0.25, 0.3) is 0 Å². The maximum atomic E-state index is 10.6. The molecule has 82 valence electrons. The van der Waals surface area contributed by atoms with Crippen LogP contribution in [-0.2, 0) is 0 Å². The van der Waals surface area contributed by atoms with Crippen LogP contribution >= 0.6 is 0 Å². The van der Waals surface area contributed by atoms with Crippen molar-refractivity contribution in [2.75, 3.05) is 6.54 Å². The normalized spacial score (nSPS) is 25.3. The highest BCUT2D eigenvalue weighted by Crippen LogP contribution is 2.30. The lowest BCUT2D eigenvalue weighted by Crippen LogP contribution is -2.43. The van der Waals surface area contributed by atoms with Gasteiger partial charge in [0.1, 0.15) is 0 Å². The standard InChI is InChI=1S/C7H12BN3O4/c12-8(13)6-4-10(3-5-1-2-5)9-7(6)11(14)15/h4-5,7,9,12-13H,1-3H2. The van der Waals surface area contributed by atoms with Gasteiger partial charge in [-0.2, -0.15) is 5.43 Å². The molecule has 1 atom stereocenters. The molecule has 1 saturated carbocycles. The Balaban J connectivity index is 2.03. The first kappa shape index (κ1) is 10.4. The highest BCUT2D eigenvalue weighted by Gasteiger charge is 2.40. The molecule has 0 aromatic rings. The molecule has 7 nitrogen and oxygen atoms in total. The van der Waals surface area contributed by atoms with Crippen LogP contribution in [0.4, 0.5) is 0 Å². The first-order valence-corrected chi connectivity index (χ1v) is 4.82. The molecular formula is C7H12BN3O4. The summed E-state index contributed by atoms with van der Waals surface area (Å²) >= 11 is 0. The average molecular weight is 213 g/mol. The van der Waals surface area contributed by atoms with E-state index < -0.39 is 18.2 Å². The third-order valence-electron chi connectivity index (χ3n) is 2.57. The molecule has 1 heterocycles. The van der Waals surface area contributed by atoms with Gasteiger partial charge in [0, 0.05) is 17.7 Å². The second-order valence-electron chi connectivity index (χ2n) is 3.92. The lowest BCUT2D eigenvalue weighted by Gasteiger charge is -2.15. The van der Waals surface area contributed by atoms with Gasteiger partial charge in [-0.15, -0.1) is 0 Å². The fraction of sp³-hybridized carbons (Fsp3) is 0.714. The van der Waals surface area contributed by atoms with Gasteiger partial charge in [-0.3, -0.25) is 10.1 Å². The molecule has 0 spiro atoms. The van der Waals surface area contributed by atoms with Crippen molar-refractivity contribution < 1.29 is 15.0 Å². The van der Waals surface area contributed by atoms with Gasteiger partial charge in [-0.05, 0) is 18.8 Å². The van der Waals surface area contributed by atoms with Crippen LogP contribution in [0.2, 0.25) is 0 Å². The molecule has 0 aromatic carbocycles. The van der Waals surface area contributed by atoms with E-state index in [0.717, 1.165) is 12.8 Å². The van der Waals surface area contributed by atoms with E-state index in [0.29, 0.717) is 12.5 Å². The maximum Gasteiger partial charge on any atom is 0.494 e. The van der Waals surface area contributed by atoms with E-state index in [4.69, 9.17) is 10.0 Å². The molecular weight excluding hydrogens is 201 g/mol. The third-order valence-corrected chi connectivity index (χ3v) is 2.57. The molecule has 0 saturated heterocycles. The third kappa shape index (κ3) is 2.28. The van der Waals surface area contributed by atoms with Crippen molar-refractivity contribution in [2.45, 2.75) is 19.0 Å². The number of hydrogen-bond donors (Lipinski definition) is 3. The second-order valence-corrected chi connectivity index (χ2v) is 3.92. The quantitative estimate of drug-likeness (QED) is 0.305. The Hall–Kier alpha value is -1.12. The Kier molecular flexibility index (Phi) is 2.64. The first-order chi connectivity index (χ1) is 7.08. The summed E-state index contributed by atoms with van der Waals surface area (Å²) < 4.78 is 0. The molecule has 1 aliphatic carbocycles. The maximum absolute atomic E-state index is 10.6. The van der Waals surface area contributed by atoms with E-state index in [1.807, 2.05) is 0 Å². The predicted octanol–water partition coefficient (Wildman–Crippen LogP) is -1.28. The van der Waals surface area contributed by atoms with Crippen molar-refractivity contribution >= 4 is 7.12 Å². The number of rotatable bonds is 4. The second kappa shape index (κ2) is 3.80. The molecule has 2 aliphatic rings. The van der Waals surface area contributed by atoms with Crippen LogP contribution in [0.3, 0.4) is 0 Å². The summed E-state index contributed by atoms with van der Waals surface area (Å²) in [5.74, 6) is 0.566. The number of nitro groups is 1. The largest absolute Gasteiger partial charge is 0.494 e. The van der Waals surface area contributed by atoms with E-state index in [1.54, 1.807) is 5.01 Å². The number of hydrazine groups is 1. The Morgan fingerprint density at radius 1 is 1.67 bits per heavy atom. The van der Waals surface area contributed by atoms with Gasteiger partial charge in [-0.1, -0.05) is 0 Å². The molecule has 1 fully saturated rings. The summed E-state index contributed by atoms with van der Waals surface area (Å²) in [6, 6.07) is 0. The number of nitrogens with one attached hydrogen (secondary N) is 1. The summed E-state index contributed by atoms with van der Waals surface area (Å²) in [6.45, 7) is 0.681. The van der Waals surface area contributed by atoms with Crippen LogP contribution in [0, 0.1) is 16.0 Å². The minimum Gasteiger partial charge on any atom is -0.423 e. The van der Waals surface area contributed by atoms with Crippen LogP contribution < -0.4 is 5.43 Å². The van der Waals surface area contributed by atoms with Crippen LogP contribution in [0.1, 0.15) is 12.8 Å². The zero-order valence-electron chi connectivity index (χ0n) is 8.04. The van der Waals surface area contributed by atoms with Crippen molar-refractivity contribution in [1.82, 2.24) is 10.4 Å². The summed E-state index contributed by atoms with van der Waals surface area (Å²) in [6.07, 6.45) is 2.46. The smallest absolute Gasteiger partial charge is 0.423 e. The highest BCUT2D eigenvalue weighted by molar-refractivity contribution is 6.51. The van der Waals surface area contributed by atoms with Crippen LogP contribution in [0.15, 0.2) is 11.7 Å². The Bertz CT molecular complexity index is 305. The first-order valence-electron chi connectivity index (χ1n) is 4.82. The zero-order valence-corrected chi connectivity index (χ0v) is 8.04. The molecule has 0 amide bonds. The predicted molar refractivity (Wildman–Crippen MR) is 51.6 cm³/mol. The molecule has 0 aromatic heterocycles. The van der Waals surface area contributed by atoms with Gasteiger partial charge >= 0.3 is 13.3 Å². The molecule has 0 bridgehead atoms. The van der Waals surface area contributed by atoms with E-state index in [-0.39, 0.29) is 5.47 Å². The SMILES string of the molecule is O=[N+]([O-])C1NN(CC2CC2)C=C1B(O)O. The number of nitrogens with zero attached hydrogens (tertiary/aromatic N) is 2. The minimum atomic E-state index is -1.78. The van der Waals surface area contributed by atoms with Crippen molar-refractivity contribution in [1.29, 1.82) is 0 Å². The van der Waals surface area contributed by atoms with Gasteiger partial charge in [0.2, 0.25) is 0 Å². The van der Waals surface area contributed by atoms with Gasteiger partial charge in [0.05, 0.1) is 5.47 Å². The molecule has 15 heavy (non-hydrogen) atoms. The van der Waals surface area contributed by atoms with Gasteiger partial charge in [-0.25, -0.2) is 0 Å². The molecule has 3 N–H and O–H groups in total. The summed E-state index contributed by atoms with van der Waals surface area (Å²) in [7, 11) is -1.78. The Labute approximate surface area is 86.6 Å². The molecule has 1 aliphatic heterocycles. The lowest BCUT2D eigenvalue weighted by atomic mass is 9.78. The van der Waals surface area contributed by atoms with Crippen molar-refractivity contribution in [2.24, 2.45) is 5.92 Å². The minimum absolute atomic E-state index is 0.0133. The van der Waals surface area contributed by atoms with E-state index >= 15 is 0 Å². The molecule has 8 heteroatoms. The molecule has 2 rings (SSSR count).